The van der Waals surface area contributed by atoms with E-state index in [4.69, 9.17) is 16.3 Å². The molecular formula is C18H22ClFN2O3. The van der Waals surface area contributed by atoms with Crippen LogP contribution in [0.3, 0.4) is 0 Å². The molecule has 136 valence electrons. The average molecular weight is 369 g/mol. The molecule has 3 rings (SSSR count). The molecule has 0 saturated carbocycles. The van der Waals surface area contributed by atoms with Crippen molar-refractivity contribution in [2.24, 2.45) is 11.3 Å². The summed E-state index contributed by atoms with van der Waals surface area (Å²) in [5.74, 6) is 0.244. The van der Waals surface area contributed by atoms with Gasteiger partial charge in [-0.15, -0.1) is 0 Å². The molecule has 2 saturated heterocycles. The third-order valence-corrected chi connectivity index (χ3v) is 5.56. The number of nitrogens with one attached hydrogen (secondary N) is 1. The fourth-order valence-electron chi connectivity index (χ4n) is 3.56. The lowest BCUT2D eigenvalue weighted by Gasteiger charge is -2.50. The van der Waals surface area contributed by atoms with E-state index in [2.05, 4.69) is 5.32 Å². The SMILES string of the molecule is CC1(C)C(=O)N[C@@H]1C1CCN(C(=O)COc2ccc(F)c(Cl)c2)CC1. The van der Waals surface area contributed by atoms with Gasteiger partial charge in [0.15, 0.2) is 6.61 Å². The quantitative estimate of drug-likeness (QED) is 0.831. The van der Waals surface area contributed by atoms with Crippen LogP contribution in [0.1, 0.15) is 26.7 Å². The molecule has 0 bridgehead atoms. The Morgan fingerprint density at radius 2 is 2.08 bits per heavy atom. The second-order valence-electron chi connectivity index (χ2n) is 7.26. The number of amides is 2. The van der Waals surface area contributed by atoms with Crippen LogP contribution >= 0.6 is 11.6 Å². The first-order valence-electron chi connectivity index (χ1n) is 8.45. The van der Waals surface area contributed by atoms with E-state index in [1.807, 2.05) is 13.8 Å². The molecule has 5 nitrogen and oxygen atoms in total. The van der Waals surface area contributed by atoms with Crippen molar-refractivity contribution in [3.8, 4) is 5.75 Å². The Morgan fingerprint density at radius 3 is 2.64 bits per heavy atom. The summed E-state index contributed by atoms with van der Waals surface area (Å²) in [6.45, 7) is 5.14. The summed E-state index contributed by atoms with van der Waals surface area (Å²) in [6, 6.07) is 4.21. The molecule has 7 heteroatoms. The highest BCUT2D eigenvalue weighted by Gasteiger charge is 2.51. The Kier molecular flexibility index (Phi) is 4.91. The minimum Gasteiger partial charge on any atom is -0.484 e. The highest BCUT2D eigenvalue weighted by atomic mass is 35.5. The van der Waals surface area contributed by atoms with Crippen molar-refractivity contribution in [1.29, 1.82) is 0 Å². The highest BCUT2D eigenvalue weighted by Crippen LogP contribution is 2.38. The summed E-state index contributed by atoms with van der Waals surface area (Å²) in [5.41, 5.74) is -0.318. The lowest BCUT2D eigenvalue weighted by Crippen LogP contribution is -2.68. The number of benzene rings is 1. The molecule has 0 aliphatic carbocycles. The van der Waals surface area contributed by atoms with Gasteiger partial charge < -0.3 is 15.0 Å². The van der Waals surface area contributed by atoms with Crippen molar-refractivity contribution in [1.82, 2.24) is 10.2 Å². The molecule has 2 fully saturated rings. The number of carbonyl (C=O) groups is 2. The van der Waals surface area contributed by atoms with E-state index >= 15 is 0 Å². The fraction of sp³-hybridized carbons (Fsp3) is 0.556. The van der Waals surface area contributed by atoms with Crippen LogP contribution in [0.25, 0.3) is 0 Å². The lowest BCUT2D eigenvalue weighted by atomic mass is 9.68. The second kappa shape index (κ2) is 6.83. The molecule has 25 heavy (non-hydrogen) atoms. The van der Waals surface area contributed by atoms with Crippen LogP contribution in [0.5, 0.6) is 5.75 Å². The number of likely N-dealkylation sites (tertiary alicyclic amines) is 1. The number of halogens is 2. The number of piperidine rings is 1. The number of ether oxygens (including phenoxy) is 1. The predicted molar refractivity (Wildman–Crippen MR) is 91.9 cm³/mol. The molecule has 2 aliphatic rings. The zero-order chi connectivity index (χ0) is 18.2. The Hall–Kier alpha value is -1.82. The van der Waals surface area contributed by atoms with Crippen LogP contribution in [0.15, 0.2) is 18.2 Å². The zero-order valence-electron chi connectivity index (χ0n) is 14.4. The van der Waals surface area contributed by atoms with Crippen LogP contribution in [-0.4, -0.2) is 42.5 Å². The minimum absolute atomic E-state index is 0.0316. The number of hydrogen-bond donors (Lipinski definition) is 1. The third kappa shape index (κ3) is 3.59. The summed E-state index contributed by atoms with van der Waals surface area (Å²) >= 11 is 5.70. The van der Waals surface area contributed by atoms with E-state index in [0.29, 0.717) is 24.8 Å². The molecular weight excluding hydrogens is 347 g/mol. The minimum atomic E-state index is -0.520. The summed E-state index contributed by atoms with van der Waals surface area (Å²) in [4.78, 5) is 25.7. The molecule has 1 N–H and O–H groups in total. The monoisotopic (exact) mass is 368 g/mol. The molecule has 0 aromatic heterocycles. The summed E-state index contributed by atoms with van der Waals surface area (Å²) < 4.78 is 18.5. The maximum atomic E-state index is 13.1. The molecule has 0 spiro atoms. The van der Waals surface area contributed by atoms with Gasteiger partial charge in [-0.1, -0.05) is 11.6 Å². The second-order valence-corrected chi connectivity index (χ2v) is 7.66. The smallest absolute Gasteiger partial charge is 0.260 e. The van der Waals surface area contributed by atoms with Crippen molar-refractivity contribution in [2.45, 2.75) is 32.7 Å². The van der Waals surface area contributed by atoms with E-state index < -0.39 is 5.82 Å². The van der Waals surface area contributed by atoms with Gasteiger partial charge in [-0.25, -0.2) is 4.39 Å². The van der Waals surface area contributed by atoms with E-state index in [0.717, 1.165) is 12.8 Å². The maximum absolute atomic E-state index is 13.1. The van der Waals surface area contributed by atoms with Gasteiger partial charge in [0.2, 0.25) is 5.91 Å². The first kappa shape index (κ1) is 18.0. The van der Waals surface area contributed by atoms with Crippen LogP contribution < -0.4 is 10.1 Å². The predicted octanol–water partition coefficient (Wildman–Crippen LogP) is 2.62. The van der Waals surface area contributed by atoms with E-state index in [1.165, 1.54) is 18.2 Å². The molecule has 0 radical (unpaired) electrons. The number of carbonyl (C=O) groups excluding carboxylic acids is 2. The van der Waals surface area contributed by atoms with Crippen molar-refractivity contribution in [3.63, 3.8) is 0 Å². The Labute approximate surface area is 151 Å². The molecule has 2 heterocycles. The fourth-order valence-corrected chi connectivity index (χ4v) is 3.73. The van der Waals surface area contributed by atoms with E-state index in [1.54, 1.807) is 4.90 Å². The largest absolute Gasteiger partial charge is 0.484 e. The van der Waals surface area contributed by atoms with Crippen molar-refractivity contribution < 1.29 is 18.7 Å². The highest BCUT2D eigenvalue weighted by molar-refractivity contribution is 6.30. The number of β-lactam (4-membered cyclic amide) rings is 1. The average Bonchev–Trinajstić information content (AvgIpc) is 2.60. The molecule has 1 aromatic carbocycles. The van der Waals surface area contributed by atoms with Crippen LogP contribution in [0.4, 0.5) is 4.39 Å². The van der Waals surface area contributed by atoms with E-state index in [9.17, 15) is 14.0 Å². The Balaban J connectivity index is 1.47. The van der Waals surface area contributed by atoms with Gasteiger partial charge in [0, 0.05) is 25.2 Å². The molecule has 1 aromatic rings. The first-order valence-corrected chi connectivity index (χ1v) is 8.83. The normalized spacial score (nSPS) is 23.0. The lowest BCUT2D eigenvalue weighted by molar-refractivity contribution is -0.147. The maximum Gasteiger partial charge on any atom is 0.260 e. The third-order valence-electron chi connectivity index (χ3n) is 5.27. The number of rotatable bonds is 4. The standard InChI is InChI=1S/C18H22ClFN2O3/c1-18(2)16(21-17(18)24)11-5-7-22(8-6-11)15(23)10-25-12-3-4-14(20)13(19)9-12/h3-4,9,11,16H,5-8,10H2,1-2H3,(H,21,24)/t16-/m1/s1. The van der Waals surface area contributed by atoms with Crippen LogP contribution in [0, 0.1) is 17.2 Å². The van der Waals surface area contributed by atoms with Crippen molar-refractivity contribution >= 4 is 23.4 Å². The Morgan fingerprint density at radius 1 is 1.40 bits per heavy atom. The van der Waals surface area contributed by atoms with E-state index in [-0.39, 0.29) is 34.9 Å². The number of hydrogen-bond acceptors (Lipinski definition) is 3. The van der Waals surface area contributed by atoms with Gasteiger partial charge in [0.05, 0.1) is 10.4 Å². The van der Waals surface area contributed by atoms with Gasteiger partial charge in [-0.3, -0.25) is 9.59 Å². The van der Waals surface area contributed by atoms with Gasteiger partial charge in [-0.2, -0.15) is 0 Å². The Bertz CT molecular complexity index is 687. The molecule has 2 amide bonds. The molecule has 0 unspecified atom stereocenters. The topological polar surface area (TPSA) is 58.6 Å². The first-order chi connectivity index (χ1) is 11.8. The van der Waals surface area contributed by atoms with Crippen LogP contribution in [-0.2, 0) is 9.59 Å². The van der Waals surface area contributed by atoms with Gasteiger partial charge in [-0.05, 0) is 44.7 Å². The van der Waals surface area contributed by atoms with Crippen molar-refractivity contribution in [3.05, 3.63) is 29.0 Å². The van der Waals surface area contributed by atoms with Crippen LogP contribution in [0.2, 0.25) is 5.02 Å². The summed E-state index contributed by atoms with van der Waals surface area (Å²) in [5, 5.41) is 2.96. The van der Waals surface area contributed by atoms with Crippen molar-refractivity contribution in [2.75, 3.05) is 19.7 Å². The summed E-state index contributed by atoms with van der Waals surface area (Å²) in [6.07, 6.45) is 1.73. The van der Waals surface area contributed by atoms with Gasteiger partial charge >= 0.3 is 0 Å². The molecule has 1 atom stereocenters. The molecule has 2 aliphatic heterocycles. The summed E-state index contributed by atoms with van der Waals surface area (Å²) in [7, 11) is 0. The van der Waals surface area contributed by atoms with Gasteiger partial charge in [0.25, 0.3) is 5.91 Å². The number of nitrogens with zero attached hydrogens (tertiary/aromatic N) is 1. The zero-order valence-corrected chi connectivity index (χ0v) is 15.1. The van der Waals surface area contributed by atoms with Gasteiger partial charge in [0.1, 0.15) is 11.6 Å².